The van der Waals surface area contributed by atoms with Gasteiger partial charge < -0.3 is 29.7 Å². The molecule has 1 atom stereocenters. The number of carbonyl (C=O) groups excluding carboxylic acids is 3. The Labute approximate surface area is 233 Å². The van der Waals surface area contributed by atoms with Crippen LogP contribution in [0.2, 0.25) is 5.02 Å². The van der Waals surface area contributed by atoms with E-state index >= 15 is 0 Å². The second-order valence-corrected chi connectivity index (χ2v) is 9.94. The summed E-state index contributed by atoms with van der Waals surface area (Å²) in [5.41, 5.74) is 0.703. The maximum atomic E-state index is 14.6. The molecule has 13 heteroatoms. The average Bonchev–Trinajstić information content (AvgIpc) is 3.30. The highest BCUT2D eigenvalue weighted by Gasteiger charge is 2.32. The summed E-state index contributed by atoms with van der Waals surface area (Å²) in [7, 11) is 2.74. The van der Waals surface area contributed by atoms with Gasteiger partial charge >= 0.3 is 0 Å². The molecule has 40 heavy (non-hydrogen) atoms. The normalized spacial score (nSPS) is 16.9. The molecule has 0 aliphatic carbocycles. The van der Waals surface area contributed by atoms with E-state index in [2.05, 4.69) is 15.6 Å². The predicted octanol–water partition coefficient (Wildman–Crippen LogP) is 2.93. The largest absolute Gasteiger partial charge is 0.494 e. The maximum Gasteiger partial charge on any atom is 0.291 e. The maximum absolute atomic E-state index is 14.6. The number of piperazine rings is 1. The first kappa shape index (κ1) is 27.5. The van der Waals surface area contributed by atoms with Gasteiger partial charge in [-0.1, -0.05) is 11.6 Å². The van der Waals surface area contributed by atoms with Gasteiger partial charge in [-0.3, -0.25) is 14.4 Å². The summed E-state index contributed by atoms with van der Waals surface area (Å²) in [4.78, 5) is 45.9. The van der Waals surface area contributed by atoms with Crippen molar-refractivity contribution < 1.29 is 27.9 Å². The smallest absolute Gasteiger partial charge is 0.291 e. The summed E-state index contributed by atoms with van der Waals surface area (Å²) in [6, 6.07) is 7.03. The monoisotopic (exact) mass is 572 g/mol. The van der Waals surface area contributed by atoms with E-state index in [0.29, 0.717) is 31.9 Å². The minimum absolute atomic E-state index is 0.0496. The molecule has 2 fully saturated rings. The van der Waals surface area contributed by atoms with Crippen LogP contribution in [0.15, 0.2) is 36.5 Å². The van der Waals surface area contributed by atoms with E-state index in [9.17, 15) is 23.2 Å². The van der Waals surface area contributed by atoms with Crippen molar-refractivity contribution in [1.29, 1.82) is 0 Å². The Balaban J connectivity index is 1.24. The Morgan fingerprint density at radius 2 is 1.77 bits per heavy atom. The quantitative estimate of drug-likeness (QED) is 0.470. The molecule has 0 bridgehead atoms. The Morgan fingerprint density at radius 1 is 1.07 bits per heavy atom. The van der Waals surface area contributed by atoms with Gasteiger partial charge in [-0.05, 0) is 43.3 Å². The highest BCUT2D eigenvalue weighted by atomic mass is 35.5. The number of methoxy groups -OCH3 is 1. The zero-order valence-corrected chi connectivity index (χ0v) is 22.6. The van der Waals surface area contributed by atoms with E-state index in [0.717, 1.165) is 13.0 Å². The Hall–Kier alpha value is -4.03. The average molecular weight is 573 g/mol. The Morgan fingerprint density at radius 3 is 2.40 bits per heavy atom. The third-order valence-corrected chi connectivity index (χ3v) is 7.50. The van der Waals surface area contributed by atoms with Gasteiger partial charge in [0.1, 0.15) is 0 Å². The van der Waals surface area contributed by atoms with E-state index in [1.165, 1.54) is 49.2 Å². The number of hydrogen-bond donors (Lipinski definition) is 2. The third kappa shape index (κ3) is 5.11. The molecular formula is C27H27ClF2N6O4. The van der Waals surface area contributed by atoms with Crippen LogP contribution in [0.4, 0.5) is 14.5 Å². The number of carbonyl (C=O) groups is 3. The van der Waals surface area contributed by atoms with Crippen molar-refractivity contribution in [3.63, 3.8) is 0 Å². The number of ether oxygens (including phenoxy) is 1. The number of aromatic nitrogens is 2. The zero-order chi connectivity index (χ0) is 28.6. The predicted molar refractivity (Wildman–Crippen MR) is 143 cm³/mol. The fourth-order valence-electron chi connectivity index (χ4n) is 4.73. The molecule has 2 saturated heterocycles. The lowest BCUT2D eigenvalue weighted by atomic mass is 10.1. The minimum atomic E-state index is -1.14. The molecule has 2 N–H and O–H groups in total. The number of nitrogens with zero attached hydrogens (tertiary/aromatic N) is 4. The van der Waals surface area contributed by atoms with Crippen LogP contribution < -0.4 is 15.4 Å². The van der Waals surface area contributed by atoms with Crippen LogP contribution in [0.5, 0.6) is 5.75 Å². The highest BCUT2D eigenvalue weighted by molar-refractivity contribution is 6.34. The van der Waals surface area contributed by atoms with Gasteiger partial charge in [0.25, 0.3) is 11.8 Å². The second-order valence-electron chi connectivity index (χ2n) is 9.53. The summed E-state index contributed by atoms with van der Waals surface area (Å²) in [5, 5.41) is 5.92. The van der Waals surface area contributed by atoms with E-state index in [4.69, 9.17) is 16.3 Å². The van der Waals surface area contributed by atoms with Crippen molar-refractivity contribution in [2.45, 2.75) is 12.5 Å². The molecular weight excluding hydrogens is 546 g/mol. The van der Waals surface area contributed by atoms with E-state index < -0.39 is 17.5 Å². The van der Waals surface area contributed by atoms with E-state index in [-0.39, 0.29) is 51.3 Å². The van der Waals surface area contributed by atoms with Crippen molar-refractivity contribution in [1.82, 2.24) is 24.7 Å². The first-order valence-electron chi connectivity index (χ1n) is 12.7. The lowest BCUT2D eigenvalue weighted by Crippen LogP contribution is -2.58. The van der Waals surface area contributed by atoms with Crippen LogP contribution in [0.1, 0.15) is 27.4 Å². The summed E-state index contributed by atoms with van der Waals surface area (Å²) < 4.78 is 34.9. The van der Waals surface area contributed by atoms with Crippen molar-refractivity contribution in [2.75, 3.05) is 45.2 Å². The van der Waals surface area contributed by atoms with Gasteiger partial charge in [-0.2, -0.15) is 4.39 Å². The van der Waals surface area contributed by atoms with E-state index in [1.54, 1.807) is 15.9 Å². The van der Waals surface area contributed by atoms with Crippen molar-refractivity contribution in [3.05, 3.63) is 64.6 Å². The number of anilines is 1. The van der Waals surface area contributed by atoms with E-state index in [1.807, 2.05) is 0 Å². The standard InChI is InChI=1S/C27H27ClF2N6O4/c1-34-20(17-5-6-21(40-2)23(30)22(17)29)14-32-24(34)25(37)33-15-3-4-16(18(28)13-15)26(38)35-9-11-36(12-10-35)27(39)19-7-8-31-19/h3-6,13-14,19,31H,7-12H2,1-2H3,(H,33,37)/t19-/m0/s1. The number of amides is 3. The molecule has 1 aromatic heterocycles. The molecule has 2 aliphatic heterocycles. The third-order valence-electron chi connectivity index (χ3n) is 7.19. The number of imidazole rings is 1. The molecule has 0 radical (unpaired) electrons. The van der Waals surface area contributed by atoms with Crippen LogP contribution in [0.3, 0.4) is 0 Å². The molecule has 0 spiro atoms. The SMILES string of the molecule is COc1ccc(-c2cnc(C(=O)Nc3ccc(C(=O)N4CCN(C(=O)[C@@H]5CCN5)CC4)c(Cl)c3)n2C)c(F)c1F. The summed E-state index contributed by atoms with van der Waals surface area (Å²) in [6.07, 6.45) is 2.10. The molecule has 210 valence electrons. The summed E-state index contributed by atoms with van der Waals surface area (Å²) in [5.74, 6) is -3.36. The van der Waals surface area contributed by atoms with Crippen LogP contribution in [-0.4, -0.2) is 82.9 Å². The summed E-state index contributed by atoms with van der Waals surface area (Å²) >= 11 is 6.41. The first-order chi connectivity index (χ1) is 19.2. The number of hydrogen-bond acceptors (Lipinski definition) is 6. The minimum Gasteiger partial charge on any atom is -0.494 e. The molecule has 2 aliphatic rings. The van der Waals surface area contributed by atoms with Gasteiger partial charge in [0, 0.05) is 44.5 Å². The molecule has 5 rings (SSSR count). The van der Waals surface area contributed by atoms with Crippen LogP contribution in [0, 0.1) is 11.6 Å². The first-order valence-corrected chi connectivity index (χ1v) is 13.0. The molecule has 0 unspecified atom stereocenters. The summed E-state index contributed by atoms with van der Waals surface area (Å²) in [6.45, 7) is 2.54. The topological polar surface area (TPSA) is 109 Å². The molecule has 0 saturated carbocycles. The van der Waals surface area contributed by atoms with Gasteiger partial charge in [-0.15, -0.1) is 0 Å². The molecule has 3 amide bonds. The van der Waals surface area contributed by atoms with Gasteiger partial charge in [0.05, 0.1) is 35.6 Å². The van der Waals surface area contributed by atoms with Gasteiger partial charge in [-0.25, -0.2) is 9.37 Å². The fourth-order valence-corrected chi connectivity index (χ4v) is 4.99. The van der Waals surface area contributed by atoms with Crippen LogP contribution >= 0.6 is 11.6 Å². The van der Waals surface area contributed by atoms with Gasteiger partial charge in [0.15, 0.2) is 17.4 Å². The number of nitrogens with one attached hydrogen (secondary N) is 2. The van der Waals surface area contributed by atoms with Crippen molar-refractivity contribution >= 4 is 35.0 Å². The molecule has 10 nitrogen and oxygen atoms in total. The fraction of sp³-hybridized carbons (Fsp3) is 0.333. The van der Waals surface area contributed by atoms with Crippen LogP contribution in [0.25, 0.3) is 11.3 Å². The highest BCUT2D eigenvalue weighted by Crippen LogP contribution is 2.30. The molecule has 3 heterocycles. The Kier molecular flexibility index (Phi) is 7.72. The number of halogens is 3. The molecule has 3 aromatic rings. The number of benzene rings is 2. The lowest BCUT2D eigenvalue weighted by Gasteiger charge is -2.38. The lowest BCUT2D eigenvalue weighted by molar-refractivity contribution is -0.136. The number of rotatable bonds is 6. The second kappa shape index (κ2) is 11.2. The zero-order valence-electron chi connectivity index (χ0n) is 21.8. The Bertz CT molecular complexity index is 1480. The van der Waals surface area contributed by atoms with Crippen LogP contribution in [-0.2, 0) is 11.8 Å². The van der Waals surface area contributed by atoms with Crippen molar-refractivity contribution in [3.8, 4) is 17.0 Å². The van der Waals surface area contributed by atoms with Gasteiger partial charge in [0.2, 0.25) is 11.7 Å². The molecule has 2 aromatic carbocycles. The van der Waals surface area contributed by atoms with Crippen molar-refractivity contribution in [2.24, 2.45) is 7.05 Å².